The van der Waals surface area contributed by atoms with Crippen molar-refractivity contribution in [1.82, 2.24) is 14.9 Å². The summed E-state index contributed by atoms with van der Waals surface area (Å²) >= 11 is 0. The van der Waals surface area contributed by atoms with E-state index in [1.54, 1.807) is 0 Å². The number of nitrogen functional groups attached to an aromatic ring is 1. The van der Waals surface area contributed by atoms with Crippen LogP contribution in [0.15, 0.2) is 6.07 Å². The predicted molar refractivity (Wildman–Crippen MR) is 84.1 cm³/mol. The Labute approximate surface area is 121 Å². The fraction of sp³-hybridized carbons (Fsp3) is 0.714. The molecule has 0 radical (unpaired) electrons. The van der Waals surface area contributed by atoms with Gasteiger partial charge in [-0.15, -0.1) is 0 Å². The van der Waals surface area contributed by atoms with Gasteiger partial charge in [-0.05, 0) is 19.4 Å². The van der Waals surface area contributed by atoms with Crippen LogP contribution in [0.2, 0.25) is 0 Å². The second-order valence-corrected chi connectivity index (χ2v) is 5.87. The van der Waals surface area contributed by atoms with Crippen LogP contribution in [0.1, 0.15) is 20.3 Å². The lowest BCUT2D eigenvalue weighted by Gasteiger charge is -2.33. The molecule has 0 aliphatic carbocycles. The van der Waals surface area contributed by atoms with Crippen LogP contribution in [-0.4, -0.2) is 54.6 Å². The lowest BCUT2D eigenvalue weighted by Crippen LogP contribution is -2.44. The normalized spacial score (nSPS) is 16.7. The molecule has 0 atom stereocenters. The molecule has 6 nitrogen and oxygen atoms in total. The van der Waals surface area contributed by atoms with Crippen LogP contribution < -0.4 is 16.0 Å². The molecule has 112 valence electrons. The Morgan fingerprint density at radius 2 is 1.95 bits per heavy atom. The molecule has 1 fully saturated rings. The van der Waals surface area contributed by atoms with Gasteiger partial charge < -0.3 is 20.9 Å². The molecule has 1 aromatic rings. The van der Waals surface area contributed by atoms with Crippen molar-refractivity contribution in [2.75, 3.05) is 55.7 Å². The van der Waals surface area contributed by atoms with Crippen molar-refractivity contribution in [2.24, 2.45) is 5.92 Å². The molecule has 0 saturated carbocycles. The zero-order valence-electron chi connectivity index (χ0n) is 12.8. The maximum atomic E-state index is 5.83. The summed E-state index contributed by atoms with van der Waals surface area (Å²) in [5.41, 5.74) is 5.83. The van der Waals surface area contributed by atoms with E-state index in [1.165, 1.54) is 0 Å². The minimum absolute atomic E-state index is 0.341. The van der Waals surface area contributed by atoms with E-state index in [1.807, 2.05) is 6.07 Å². The molecule has 2 heterocycles. The average Bonchev–Trinajstić information content (AvgIpc) is 2.38. The summed E-state index contributed by atoms with van der Waals surface area (Å²) in [4.78, 5) is 13.2. The van der Waals surface area contributed by atoms with Gasteiger partial charge in [-0.1, -0.05) is 13.8 Å². The number of anilines is 3. The second-order valence-electron chi connectivity index (χ2n) is 5.87. The third-order valence-electron chi connectivity index (χ3n) is 3.58. The fourth-order valence-electron chi connectivity index (χ4n) is 2.23. The molecular formula is C14H26N6. The largest absolute Gasteiger partial charge is 0.370 e. The summed E-state index contributed by atoms with van der Waals surface area (Å²) in [5.74, 6) is 2.77. The molecule has 3 N–H and O–H groups in total. The van der Waals surface area contributed by atoms with Gasteiger partial charge in [0.1, 0.15) is 11.6 Å². The first-order valence-electron chi connectivity index (χ1n) is 7.36. The van der Waals surface area contributed by atoms with Crippen LogP contribution in [-0.2, 0) is 0 Å². The van der Waals surface area contributed by atoms with E-state index < -0.39 is 0 Å². The van der Waals surface area contributed by atoms with Gasteiger partial charge in [0.15, 0.2) is 0 Å². The number of hydrogen-bond acceptors (Lipinski definition) is 6. The quantitative estimate of drug-likeness (QED) is 0.845. The molecule has 0 spiro atoms. The Hall–Kier alpha value is -1.56. The minimum atomic E-state index is 0.341. The highest BCUT2D eigenvalue weighted by Gasteiger charge is 2.16. The average molecular weight is 278 g/mol. The summed E-state index contributed by atoms with van der Waals surface area (Å²) in [5, 5.41) is 3.34. The molecule has 0 amide bonds. The fourth-order valence-corrected chi connectivity index (χ4v) is 2.23. The lowest BCUT2D eigenvalue weighted by atomic mass is 10.1. The Balaban J connectivity index is 2.00. The number of nitrogens with zero attached hydrogens (tertiary/aromatic N) is 4. The molecule has 1 aromatic heterocycles. The number of hydrogen-bond donors (Lipinski definition) is 2. The standard InChI is InChI=1S/C14H26N6/c1-11(2)4-5-16-12-10-13(18-14(15)17-12)20-8-6-19(3)7-9-20/h10-11H,4-9H2,1-3H3,(H3,15,16,17,18). The van der Waals surface area contributed by atoms with E-state index >= 15 is 0 Å². The molecular weight excluding hydrogens is 252 g/mol. The van der Waals surface area contributed by atoms with E-state index in [0.717, 1.165) is 50.8 Å². The number of aromatic nitrogens is 2. The first-order valence-corrected chi connectivity index (χ1v) is 7.36. The van der Waals surface area contributed by atoms with Crippen LogP contribution >= 0.6 is 0 Å². The van der Waals surface area contributed by atoms with Crippen molar-refractivity contribution >= 4 is 17.6 Å². The maximum Gasteiger partial charge on any atom is 0.223 e. The molecule has 1 aliphatic rings. The minimum Gasteiger partial charge on any atom is -0.370 e. The van der Waals surface area contributed by atoms with E-state index in [0.29, 0.717) is 11.9 Å². The van der Waals surface area contributed by atoms with Gasteiger partial charge >= 0.3 is 0 Å². The number of piperazine rings is 1. The molecule has 0 bridgehead atoms. The Morgan fingerprint density at radius 3 is 2.60 bits per heavy atom. The van der Waals surface area contributed by atoms with E-state index in [9.17, 15) is 0 Å². The van der Waals surface area contributed by atoms with E-state index in [4.69, 9.17) is 5.73 Å². The SMILES string of the molecule is CC(C)CCNc1cc(N2CCN(C)CC2)nc(N)n1. The third kappa shape index (κ3) is 4.23. The number of nitrogens with one attached hydrogen (secondary N) is 1. The van der Waals surface area contributed by atoms with Crippen LogP contribution in [0.3, 0.4) is 0 Å². The van der Waals surface area contributed by atoms with Crippen LogP contribution in [0, 0.1) is 5.92 Å². The highest BCUT2D eigenvalue weighted by Crippen LogP contribution is 2.18. The summed E-state index contributed by atoms with van der Waals surface area (Å²) in [6, 6.07) is 2.00. The summed E-state index contributed by atoms with van der Waals surface area (Å²) in [7, 11) is 2.14. The van der Waals surface area contributed by atoms with Crippen molar-refractivity contribution in [1.29, 1.82) is 0 Å². The lowest BCUT2D eigenvalue weighted by molar-refractivity contribution is 0.312. The predicted octanol–water partition coefficient (Wildman–Crippen LogP) is 1.27. The zero-order valence-corrected chi connectivity index (χ0v) is 12.8. The van der Waals surface area contributed by atoms with E-state index in [2.05, 4.69) is 46.0 Å². The van der Waals surface area contributed by atoms with Crippen molar-refractivity contribution in [2.45, 2.75) is 20.3 Å². The van der Waals surface area contributed by atoms with Crippen molar-refractivity contribution in [3.63, 3.8) is 0 Å². The molecule has 0 unspecified atom stereocenters. The van der Waals surface area contributed by atoms with Crippen LogP contribution in [0.4, 0.5) is 17.6 Å². The van der Waals surface area contributed by atoms with Gasteiger partial charge in [-0.2, -0.15) is 9.97 Å². The summed E-state index contributed by atoms with van der Waals surface area (Å²) in [6.45, 7) is 9.42. The molecule has 2 rings (SSSR count). The smallest absolute Gasteiger partial charge is 0.223 e. The number of nitrogens with two attached hydrogens (primary N) is 1. The molecule has 1 aliphatic heterocycles. The van der Waals surface area contributed by atoms with Gasteiger partial charge in [0.2, 0.25) is 5.95 Å². The van der Waals surface area contributed by atoms with Crippen molar-refractivity contribution in [3.05, 3.63) is 6.07 Å². The van der Waals surface area contributed by atoms with Gasteiger partial charge in [0, 0.05) is 38.8 Å². The Bertz CT molecular complexity index is 426. The van der Waals surface area contributed by atoms with Crippen LogP contribution in [0.5, 0.6) is 0 Å². The summed E-state index contributed by atoms with van der Waals surface area (Å²) < 4.78 is 0. The van der Waals surface area contributed by atoms with Gasteiger partial charge in [-0.25, -0.2) is 0 Å². The third-order valence-corrected chi connectivity index (χ3v) is 3.58. The molecule has 0 aromatic carbocycles. The van der Waals surface area contributed by atoms with Crippen molar-refractivity contribution in [3.8, 4) is 0 Å². The highest BCUT2D eigenvalue weighted by atomic mass is 15.3. The molecule has 6 heteroatoms. The first kappa shape index (κ1) is 14.8. The van der Waals surface area contributed by atoms with Crippen molar-refractivity contribution < 1.29 is 0 Å². The topological polar surface area (TPSA) is 70.3 Å². The van der Waals surface area contributed by atoms with Gasteiger partial charge in [0.25, 0.3) is 0 Å². The zero-order chi connectivity index (χ0) is 14.5. The Kier molecular flexibility index (Phi) is 5.00. The number of rotatable bonds is 5. The van der Waals surface area contributed by atoms with Crippen LogP contribution in [0.25, 0.3) is 0 Å². The molecule has 20 heavy (non-hydrogen) atoms. The Morgan fingerprint density at radius 1 is 1.25 bits per heavy atom. The van der Waals surface area contributed by atoms with E-state index in [-0.39, 0.29) is 0 Å². The monoisotopic (exact) mass is 278 g/mol. The maximum absolute atomic E-state index is 5.83. The van der Waals surface area contributed by atoms with Gasteiger partial charge in [-0.3, -0.25) is 0 Å². The second kappa shape index (κ2) is 6.74. The molecule has 1 saturated heterocycles. The van der Waals surface area contributed by atoms with Gasteiger partial charge in [0.05, 0.1) is 0 Å². The summed E-state index contributed by atoms with van der Waals surface area (Å²) in [6.07, 6.45) is 1.12. The highest BCUT2D eigenvalue weighted by molar-refractivity contribution is 5.52. The number of likely N-dealkylation sites (N-methyl/N-ethyl adjacent to an activating group) is 1. The first-order chi connectivity index (χ1) is 9.54.